The fraction of sp³-hybridized carbons (Fsp3) is 0.600. The average Bonchev–Trinajstić information content (AvgIpc) is 2.76. The normalized spacial score (nSPS) is 9.17. The fourth-order valence-corrected chi connectivity index (χ4v) is 1.19. The van der Waals surface area contributed by atoms with E-state index in [0.29, 0.717) is 13.2 Å². The minimum atomic E-state index is -0.0303. The van der Waals surface area contributed by atoms with Crippen molar-refractivity contribution in [3.63, 3.8) is 0 Å². The number of carbonyl (C=O) groups is 1. The number of amides is 1. The second-order valence-corrected chi connectivity index (χ2v) is 3.30. The lowest BCUT2D eigenvalue weighted by Crippen LogP contribution is -2.34. The van der Waals surface area contributed by atoms with Crippen molar-refractivity contribution in [1.82, 2.24) is 20.4 Å². The quantitative estimate of drug-likeness (QED) is 0.667. The number of carbonyl (C=O) groups excluding carboxylic acids is 1. The van der Waals surface area contributed by atoms with E-state index in [0.717, 1.165) is 13.1 Å². The predicted molar refractivity (Wildman–Crippen MR) is 74.5 cm³/mol. The van der Waals surface area contributed by atoms with Crippen molar-refractivity contribution in [1.29, 1.82) is 0 Å². The SMILES string of the molecule is COCCNCCNC(=O)Cn1cccn1.Cl.Cl. The highest BCUT2D eigenvalue weighted by Gasteiger charge is 2.00. The van der Waals surface area contributed by atoms with Crippen LogP contribution in [0.4, 0.5) is 0 Å². The van der Waals surface area contributed by atoms with Crippen molar-refractivity contribution in [2.75, 3.05) is 33.4 Å². The Morgan fingerprint density at radius 1 is 1.33 bits per heavy atom. The van der Waals surface area contributed by atoms with Crippen molar-refractivity contribution in [3.05, 3.63) is 18.5 Å². The van der Waals surface area contributed by atoms with Crippen molar-refractivity contribution >= 4 is 30.7 Å². The zero-order valence-corrected chi connectivity index (χ0v) is 11.9. The van der Waals surface area contributed by atoms with Gasteiger partial charge in [0.05, 0.1) is 6.61 Å². The molecule has 2 N–H and O–H groups in total. The molecular weight excluding hydrogens is 279 g/mol. The van der Waals surface area contributed by atoms with Gasteiger partial charge in [-0.2, -0.15) is 5.10 Å². The van der Waals surface area contributed by atoms with Crippen LogP contribution in [0.5, 0.6) is 0 Å². The molecular formula is C10H20Cl2N4O2. The van der Waals surface area contributed by atoms with Gasteiger partial charge in [-0.15, -0.1) is 24.8 Å². The van der Waals surface area contributed by atoms with Gasteiger partial charge in [0.15, 0.2) is 0 Å². The Labute approximate surface area is 119 Å². The molecule has 0 saturated heterocycles. The first-order valence-corrected chi connectivity index (χ1v) is 5.26. The topological polar surface area (TPSA) is 68.2 Å². The molecule has 1 heterocycles. The Kier molecular flexibility index (Phi) is 13.7. The Bertz CT molecular complexity index is 296. The summed E-state index contributed by atoms with van der Waals surface area (Å²) in [4.78, 5) is 11.4. The van der Waals surface area contributed by atoms with E-state index in [-0.39, 0.29) is 37.3 Å². The number of hydrogen-bond acceptors (Lipinski definition) is 4. The summed E-state index contributed by atoms with van der Waals surface area (Å²) < 4.78 is 6.47. The number of methoxy groups -OCH3 is 1. The van der Waals surface area contributed by atoms with Gasteiger partial charge in [0, 0.05) is 39.1 Å². The van der Waals surface area contributed by atoms with Crippen molar-refractivity contribution in [3.8, 4) is 0 Å². The molecule has 0 atom stereocenters. The molecule has 106 valence electrons. The van der Waals surface area contributed by atoms with Gasteiger partial charge in [-0.05, 0) is 6.07 Å². The molecule has 0 unspecified atom stereocenters. The summed E-state index contributed by atoms with van der Waals surface area (Å²) >= 11 is 0. The van der Waals surface area contributed by atoms with Crippen LogP contribution < -0.4 is 10.6 Å². The molecule has 0 spiro atoms. The van der Waals surface area contributed by atoms with Gasteiger partial charge in [-0.1, -0.05) is 0 Å². The lowest BCUT2D eigenvalue weighted by Gasteiger charge is -2.06. The second kappa shape index (κ2) is 12.6. The van der Waals surface area contributed by atoms with E-state index in [1.54, 1.807) is 30.3 Å². The number of halogens is 2. The van der Waals surface area contributed by atoms with Crippen LogP contribution in [0.25, 0.3) is 0 Å². The number of nitrogens with one attached hydrogen (secondary N) is 2. The molecule has 0 bridgehead atoms. The van der Waals surface area contributed by atoms with Gasteiger partial charge in [0.25, 0.3) is 0 Å². The summed E-state index contributed by atoms with van der Waals surface area (Å²) in [6.45, 7) is 3.11. The second-order valence-electron chi connectivity index (χ2n) is 3.30. The van der Waals surface area contributed by atoms with Crippen molar-refractivity contribution in [2.45, 2.75) is 6.54 Å². The summed E-state index contributed by atoms with van der Waals surface area (Å²) in [6.07, 6.45) is 3.41. The van der Waals surface area contributed by atoms with Crippen LogP contribution in [0.2, 0.25) is 0 Å². The predicted octanol–water partition coefficient (Wildman–Crippen LogP) is 0.0789. The van der Waals surface area contributed by atoms with Crippen molar-refractivity contribution < 1.29 is 9.53 Å². The van der Waals surface area contributed by atoms with E-state index in [1.165, 1.54) is 0 Å². The molecule has 0 aliphatic heterocycles. The zero-order valence-electron chi connectivity index (χ0n) is 10.3. The van der Waals surface area contributed by atoms with E-state index in [9.17, 15) is 4.79 Å². The largest absolute Gasteiger partial charge is 0.383 e. The third-order valence-electron chi connectivity index (χ3n) is 1.97. The first-order chi connectivity index (χ1) is 7.83. The lowest BCUT2D eigenvalue weighted by molar-refractivity contribution is -0.121. The number of ether oxygens (including phenoxy) is 1. The van der Waals surface area contributed by atoms with Gasteiger partial charge in [0.2, 0.25) is 5.91 Å². The first kappa shape index (κ1) is 19.5. The highest BCUT2D eigenvalue weighted by Crippen LogP contribution is 1.83. The van der Waals surface area contributed by atoms with Gasteiger partial charge in [0.1, 0.15) is 6.54 Å². The average molecular weight is 299 g/mol. The molecule has 8 heteroatoms. The summed E-state index contributed by atoms with van der Waals surface area (Å²) in [5.41, 5.74) is 0. The maximum Gasteiger partial charge on any atom is 0.241 e. The standard InChI is InChI=1S/C10H18N4O2.2ClH/c1-16-8-6-11-4-5-12-10(15)9-14-7-2-3-13-14;;/h2-3,7,11H,4-6,8-9H2,1H3,(H,12,15);2*1H. The van der Waals surface area contributed by atoms with Crippen LogP contribution in [0, 0.1) is 0 Å². The molecule has 0 saturated carbocycles. The van der Waals surface area contributed by atoms with Gasteiger partial charge < -0.3 is 15.4 Å². The molecule has 0 aliphatic carbocycles. The molecule has 6 nitrogen and oxygen atoms in total. The number of nitrogens with zero attached hydrogens (tertiary/aromatic N) is 2. The summed E-state index contributed by atoms with van der Waals surface area (Å²) in [5.74, 6) is -0.0303. The summed E-state index contributed by atoms with van der Waals surface area (Å²) in [5, 5.41) is 9.88. The minimum absolute atomic E-state index is 0. The number of hydrogen-bond donors (Lipinski definition) is 2. The van der Waals surface area contributed by atoms with E-state index >= 15 is 0 Å². The fourth-order valence-electron chi connectivity index (χ4n) is 1.19. The smallest absolute Gasteiger partial charge is 0.241 e. The highest BCUT2D eigenvalue weighted by atomic mass is 35.5. The Morgan fingerprint density at radius 2 is 2.11 bits per heavy atom. The monoisotopic (exact) mass is 298 g/mol. The third kappa shape index (κ3) is 9.23. The number of aromatic nitrogens is 2. The van der Waals surface area contributed by atoms with Gasteiger partial charge >= 0.3 is 0 Å². The Morgan fingerprint density at radius 3 is 2.72 bits per heavy atom. The van der Waals surface area contributed by atoms with Crippen LogP contribution in [-0.2, 0) is 16.1 Å². The minimum Gasteiger partial charge on any atom is -0.383 e. The molecule has 1 amide bonds. The van der Waals surface area contributed by atoms with E-state index in [4.69, 9.17) is 4.74 Å². The summed E-state index contributed by atoms with van der Waals surface area (Å²) in [7, 11) is 1.66. The van der Waals surface area contributed by atoms with Gasteiger partial charge in [-0.25, -0.2) is 0 Å². The van der Waals surface area contributed by atoms with E-state index in [2.05, 4.69) is 15.7 Å². The van der Waals surface area contributed by atoms with Crippen LogP contribution in [0.15, 0.2) is 18.5 Å². The molecule has 0 radical (unpaired) electrons. The molecule has 1 aromatic heterocycles. The summed E-state index contributed by atoms with van der Waals surface area (Å²) in [6, 6.07) is 1.79. The molecule has 1 aromatic rings. The van der Waals surface area contributed by atoms with Crippen LogP contribution in [-0.4, -0.2) is 49.0 Å². The molecule has 18 heavy (non-hydrogen) atoms. The maximum atomic E-state index is 11.4. The molecule has 0 aromatic carbocycles. The van der Waals surface area contributed by atoms with E-state index < -0.39 is 0 Å². The van der Waals surface area contributed by atoms with Crippen molar-refractivity contribution in [2.24, 2.45) is 0 Å². The lowest BCUT2D eigenvalue weighted by atomic mass is 10.5. The number of rotatable bonds is 8. The van der Waals surface area contributed by atoms with E-state index in [1.807, 2.05) is 0 Å². The molecule has 0 fully saturated rings. The van der Waals surface area contributed by atoms with Crippen LogP contribution in [0.3, 0.4) is 0 Å². The Hall–Kier alpha value is -0.820. The molecule has 1 rings (SSSR count). The Balaban J connectivity index is 0. The highest BCUT2D eigenvalue weighted by molar-refractivity contribution is 5.85. The van der Waals surface area contributed by atoms with Gasteiger partial charge in [-0.3, -0.25) is 9.48 Å². The third-order valence-corrected chi connectivity index (χ3v) is 1.97. The first-order valence-electron chi connectivity index (χ1n) is 5.26. The van der Waals surface area contributed by atoms with Crippen LogP contribution >= 0.6 is 24.8 Å². The maximum absolute atomic E-state index is 11.4. The zero-order chi connectivity index (χ0) is 11.6. The van der Waals surface area contributed by atoms with Crippen LogP contribution in [0.1, 0.15) is 0 Å². The molecule has 0 aliphatic rings.